The lowest BCUT2D eigenvalue weighted by Crippen LogP contribution is -2.24. The fourth-order valence-electron chi connectivity index (χ4n) is 2.48. The summed E-state index contributed by atoms with van der Waals surface area (Å²) < 4.78 is 5.43. The van der Waals surface area contributed by atoms with Gasteiger partial charge in [0, 0.05) is 29.4 Å². The Balaban J connectivity index is 1.86. The van der Waals surface area contributed by atoms with Crippen molar-refractivity contribution in [3.05, 3.63) is 47.9 Å². The van der Waals surface area contributed by atoms with Gasteiger partial charge in [0.1, 0.15) is 11.5 Å². The van der Waals surface area contributed by atoms with E-state index < -0.39 is 0 Å². The van der Waals surface area contributed by atoms with Crippen molar-refractivity contribution >= 4 is 5.69 Å². The maximum absolute atomic E-state index is 10.1. The smallest absolute Gasteiger partial charge is 0.123 e. The van der Waals surface area contributed by atoms with Crippen LogP contribution in [0.1, 0.15) is 37.1 Å². The molecule has 20 heavy (non-hydrogen) atoms. The summed E-state index contributed by atoms with van der Waals surface area (Å²) in [5.41, 5.74) is 7.63. The van der Waals surface area contributed by atoms with Crippen molar-refractivity contribution in [2.75, 3.05) is 4.90 Å². The zero-order valence-corrected chi connectivity index (χ0v) is 11.6. The van der Waals surface area contributed by atoms with E-state index in [2.05, 4.69) is 4.90 Å². The van der Waals surface area contributed by atoms with Crippen molar-refractivity contribution in [3.63, 3.8) is 0 Å². The molecule has 1 atom stereocenters. The molecule has 2 aromatic rings. The second-order valence-electron chi connectivity index (χ2n) is 5.47. The fourth-order valence-corrected chi connectivity index (χ4v) is 2.48. The van der Waals surface area contributed by atoms with Crippen LogP contribution in [0, 0.1) is 0 Å². The molecule has 0 aliphatic heterocycles. The summed E-state index contributed by atoms with van der Waals surface area (Å²) in [7, 11) is 0. The van der Waals surface area contributed by atoms with E-state index in [1.807, 2.05) is 31.2 Å². The number of hydrogen-bond acceptors (Lipinski definition) is 4. The molecule has 1 aliphatic rings. The quantitative estimate of drug-likeness (QED) is 0.877. The van der Waals surface area contributed by atoms with Crippen LogP contribution in [0.3, 0.4) is 0 Å². The molecule has 1 aromatic heterocycles. The standard InChI is InChI=1S/C16H20N2O2/c1-11(17)15-7-6-13(9-16(15)19)18(12-4-5-12)10-14-3-2-8-20-14/h2-3,6-9,11-12,19H,4-5,10,17H2,1H3. The summed E-state index contributed by atoms with van der Waals surface area (Å²) in [5, 5.41) is 10.1. The van der Waals surface area contributed by atoms with Gasteiger partial charge in [-0.25, -0.2) is 0 Å². The molecule has 1 heterocycles. The SMILES string of the molecule is CC(N)c1ccc(N(Cc2ccco2)C2CC2)cc1O. The normalized spacial score (nSPS) is 16.1. The first kappa shape index (κ1) is 13.1. The van der Waals surface area contributed by atoms with Crippen LogP contribution < -0.4 is 10.6 Å². The monoisotopic (exact) mass is 272 g/mol. The third-order valence-electron chi connectivity index (χ3n) is 3.73. The van der Waals surface area contributed by atoms with E-state index in [4.69, 9.17) is 10.2 Å². The molecule has 1 saturated carbocycles. The van der Waals surface area contributed by atoms with Gasteiger partial charge in [-0.1, -0.05) is 6.07 Å². The number of anilines is 1. The molecule has 106 valence electrons. The lowest BCUT2D eigenvalue weighted by atomic mass is 10.1. The molecule has 3 rings (SSSR count). The highest BCUT2D eigenvalue weighted by atomic mass is 16.3. The van der Waals surface area contributed by atoms with Crippen LogP contribution in [-0.4, -0.2) is 11.1 Å². The summed E-state index contributed by atoms with van der Waals surface area (Å²) in [6, 6.07) is 10.00. The molecular weight excluding hydrogens is 252 g/mol. The van der Waals surface area contributed by atoms with Crippen molar-refractivity contribution in [2.45, 2.75) is 38.4 Å². The van der Waals surface area contributed by atoms with E-state index in [0.29, 0.717) is 6.04 Å². The first-order chi connectivity index (χ1) is 9.65. The molecule has 0 saturated heterocycles. The highest BCUT2D eigenvalue weighted by molar-refractivity contribution is 5.55. The predicted molar refractivity (Wildman–Crippen MR) is 78.6 cm³/mol. The summed E-state index contributed by atoms with van der Waals surface area (Å²) in [5.74, 6) is 1.20. The number of hydrogen-bond donors (Lipinski definition) is 2. The number of aromatic hydroxyl groups is 1. The van der Waals surface area contributed by atoms with Crippen molar-refractivity contribution in [3.8, 4) is 5.75 Å². The number of benzene rings is 1. The molecule has 1 unspecified atom stereocenters. The van der Waals surface area contributed by atoms with Crippen LogP contribution in [-0.2, 0) is 6.54 Å². The Bertz CT molecular complexity index is 574. The van der Waals surface area contributed by atoms with E-state index >= 15 is 0 Å². The van der Waals surface area contributed by atoms with E-state index in [9.17, 15) is 5.11 Å². The van der Waals surface area contributed by atoms with E-state index in [0.717, 1.165) is 23.6 Å². The molecule has 0 bridgehead atoms. The topological polar surface area (TPSA) is 62.6 Å². The second kappa shape index (κ2) is 5.21. The maximum atomic E-state index is 10.1. The molecule has 1 aromatic carbocycles. The molecule has 0 spiro atoms. The Hall–Kier alpha value is -1.94. The maximum Gasteiger partial charge on any atom is 0.123 e. The minimum Gasteiger partial charge on any atom is -0.508 e. The Morgan fingerprint density at radius 3 is 2.75 bits per heavy atom. The molecule has 0 amide bonds. The van der Waals surface area contributed by atoms with Crippen LogP contribution >= 0.6 is 0 Å². The van der Waals surface area contributed by atoms with Crippen molar-refractivity contribution in [1.29, 1.82) is 0 Å². The Morgan fingerprint density at radius 1 is 1.40 bits per heavy atom. The predicted octanol–water partition coefficient (Wildman–Crippen LogP) is 3.17. The summed E-state index contributed by atoms with van der Waals surface area (Å²) in [6.07, 6.45) is 4.07. The Morgan fingerprint density at radius 2 is 2.20 bits per heavy atom. The Labute approximate surface area is 118 Å². The van der Waals surface area contributed by atoms with Crippen molar-refractivity contribution in [2.24, 2.45) is 5.73 Å². The molecule has 3 N–H and O–H groups in total. The average molecular weight is 272 g/mol. The summed E-state index contributed by atoms with van der Waals surface area (Å²) in [4.78, 5) is 2.28. The lowest BCUT2D eigenvalue weighted by molar-refractivity contribution is 0.463. The number of phenols is 1. The van der Waals surface area contributed by atoms with Gasteiger partial charge < -0.3 is 20.2 Å². The third-order valence-corrected chi connectivity index (χ3v) is 3.73. The van der Waals surface area contributed by atoms with Gasteiger partial charge in [-0.2, -0.15) is 0 Å². The van der Waals surface area contributed by atoms with Crippen LogP contribution in [0.15, 0.2) is 41.0 Å². The molecule has 1 fully saturated rings. The van der Waals surface area contributed by atoms with Crippen LogP contribution in [0.5, 0.6) is 5.75 Å². The van der Waals surface area contributed by atoms with Crippen molar-refractivity contribution < 1.29 is 9.52 Å². The summed E-state index contributed by atoms with van der Waals surface area (Å²) >= 11 is 0. The fraction of sp³-hybridized carbons (Fsp3) is 0.375. The highest BCUT2D eigenvalue weighted by Gasteiger charge is 2.30. The number of nitrogens with two attached hydrogens (primary N) is 1. The molecule has 1 aliphatic carbocycles. The minimum absolute atomic E-state index is 0.163. The van der Waals surface area contributed by atoms with Crippen LogP contribution in [0.4, 0.5) is 5.69 Å². The van der Waals surface area contributed by atoms with Gasteiger partial charge in [0.2, 0.25) is 0 Å². The zero-order valence-electron chi connectivity index (χ0n) is 11.6. The van der Waals surface area contributed by atoms with Gasteiger partial charge in [0.05, 0.1) is 12.8 Å². The van der Waals surface area contributed by atoms with Gasteiger partial charge in [-0.05, 0) is 38.0 Å². The second-order valence-corrected chi connectivity index (χ2v) is 5.47. The molecule has 4 nitrogen and oxygen atoms in total. The average Bonchev–Trinajstić information content (AvgIpc) is 3.12. The highest BCUT2D eigenvalue weighted by Crippen LogP contribution is 2.36. The van der Waals surface area contributed by atoms with Gasteiger partial charge in [-0.15, -0.1) is 0 Å². The molecular formula is C16H20N2O2. The van der Waals surface area contributed by atoms with Gasteiger partial charge in [0.15, 0.2) is 0 Å². The number of phenolic OH excluding ortho intramolecular Hbond substituents is 1. The van der Waals surface area contributed by atoms with Gasteiger partial charge >= 0.3 is 0 Å². The largest absolute Gasteiger partial charge is 0.508 e. The van der Waals surface area contributed by atoms with Gasteiger partial charge in [-0.3, -0.25) is 0 Å². The summed E-state index contributed by atoms with van der Waals surface area (Å²) in [6.45, 7) is 2.60. The van der Waals surface area contributed by atoms with E-state index in [-0.39, 0.29) is 11.8 Å². The van der Waals surface area contributed by atoms with E-state index in [1.54, 1.807) is 12.3 Å². The first-order valence-electron chi connectivity index (χ1n) is 7.02. The molecule has 0 radical (unpaired) electrons. The van der Waals surface area contributed by atoms with Crippen molar-refractivity contribution in [1.82, 2.24) is 0 Å². The van der Waals surface area contributed by atoms with E-state index in [1.165, 1.54) is 12.8 Å². The number of rotatable bonds is 5. The van der Waals surface area contributed by atoms with Crippen LogP contribution in [0.2, 0.25) is 0 Å². The minimum atomic E-state index is -0.163. The van der Waals surface area contributed by atoms with Crippen LogP contribution in [0.25, 0.3) is 0 Å². The number of nitrogens with zero attached hydrogens (tertiary/aromatic N) is 1. The zero-order chi connectivity index (χ0) is 14.1. The third kappa shape index (κ3) is 2.65. The number of furan rings is 1. The first-order valence-corrected chi connectivity index (χ1v) is 7.02. The van der Waals surface area contributed by atoms with Gasteiger partial charge in [0.25, 0.3) is 0 Å². The lowest BCUT2D eigenvalue weighted by Gasteiger charge is -2.24. The Kier molecular flexibility index (Phi) is 3.40. The molecule has 4 heteroatoms.